The first kappa shape index (κ1) is 12.0. The highest BCUT2D eigenvalue weighted by Gasteiger charge is 2.08. The first-order valence-corrected chi connectivity index (χ1v) is 6.62. The number of benzene rings is 1. The van der Waals surface area contributed by atoms with Crippen molar-refractivity contribution in [3.63, 3.8) is 0 Å². The van der Waals surface area contributed by atoms with Crippen molar-refractivity contribution in [1.82, 2.24) is 4.98 Å². The van der Waals surface area contributed by atoms with Gasteiger partial charge in [-0.15, -0.1) is 11.8 Å². The topological polar surface area (TPSA) is 22.1 Å². The van der Waals surface area contributed by atoms with Crippen LogP contribution in [0, 0.1) is 6.92 Å². The lowest BCUT2D eigenvalue weighted by molar-refractivity contribution is 0.414. The Bertz CT molecular complexity index is 525. The fourth-order valence-corrected chi connectivity index (χ4v) is 2.59. The van der Waals surface area contributed by atoms with Crippen LogP contribution in [-0.4, -0.2) is 18.3 Å². The summed E-state index contributed by atoms with van der Waals surface area (Å²) in [5, 5.41) is 0. The van der Waals surface area contributed by atoms with Crippen molar-refractivity contribution < 1.29 is 4.74 Å². The van der Waals surface area contributed by atoms with Gasteiger partial charge >= 0.3 is 0 Å². The quantitative estimate of drug-likeness (QED) is 0.768. The predicted octanol–water partition coefficient (Wildman–Crippen LogP) is 3.79. The molecule has 0 amide bonds. The number of aryl methyl sites for hydroxylation is 1. The van der Waals surface area contributed by atoms with Gasteiger partial charge in [0.05, 0.1) is 12.8 Å². The maximum Gasteiger partial charge on any atom is 0.122 e. The highest BCUT2D eigenvalue weighted by atomic mass is 32.2. The molecular formula is C14H15NOS. The zero-order chi connectivity index (χ0) is 12.3. The Balaban J connectivity index is 2.55. The standard InChI is InChI=1S/C14H15NOS/c1-10-5-4-6-12(14(10)17-3)13-9-11(16-2)7-8-15-13/h4-9H,1-3H3. The summed E-state index contributed by atoms with van der Waals surface area (Å²) < 4.78 is 5.23. The van der Waals surface area contributed by atoms with Crippen molar-refractivity contribution in [2.24, 2.45) is 0 Å². The summed E-state index contributed by atoms with van der Waals surface area (Å²) in [5.41, 5.74) is 3.40. The summed E-state index contributed by atoms with van der Waals surface area (Å²) in [6, 6.07) is 10.1. The molecule has 0 saturated carbocycles. The number of thioether (sulfide) groups is 1. The number of hydrogen-bond donors (Lipinski definition) is 0. The minimum Gasteiger partial charge on any atom is -0.497 e. The van der Waals surface area contributed by atoms with E-state index in [0.717, 1.165) is 17.0 Å². The van der Waals surface area contributed by atoms with Gasteiger partial charge in [-0.1, -0.05) is 18.2 Å². The second-order valence-electron chi connectivity index (χ2n) is 3.74. The third kappa shape index (κ3) is 2.44. The molecule has 0 atom stereocenters. The number of nitrogens with zero attached hydrogens (tertiary/aromatic N) is 1. The van der Waals surface area contributed by atoms with Crippen LogP contribution in [-0.2, 0) is 0 Å². The lowest BCUT2D eigenvalue weighted by Crippen LogP contribution is -1.90. The van der Waals surface area contributed by atoms with Gasteiger partial charge in [0.1, 0.15) is 5.75 Å². The van der Waals surface area contributed by atoms with Gasteiger partial charge in [-0.25, -0.2) is 0 Å². The molecule has 2 nitrogen and oxygen atoms in total. The average molecular weight is 245 g/mol. The number of hydrogen-bond acceptors (Lipinski definition) is 3. The third-order valence-corrected chi connectivity index (χ3v) is 3.61. The number of aromatic nitrogens is 1. The molecule has 3 heteroatoms. The second-order valence-corrected chi connectivity index (χ2v) is 4.55. The molecule has 0 spiro atoms. The minimum absolute atomic E-state index is 0.837. The molecule has 0 fully saturated rings. The summed E-state index contributed by atoms with van der Waals surface area (Å²) in [5.74, 6) is 0.837. The fourth-order valence-electron chi connectivity index (χ4n) is 1.81. The molecule has 1 aromatic heterocycles. The molecule has 0 aliphatic heterocycles. The largest absolute Gasteiger partial charge is 0.497 e. The van der Waals surface area contributed by atoms with Crippen molar-refractivity contribution in [2.45, 2.75) is 11.8 Å². The Hall–Kier alpha value is -1.48. The van der Waals surface area contributed by atoms with E-state index in [4.69, 9.17) is 4.74 Å². The van der Waals surface area contributed by atoms with Crippen LogP contribution in [0.15, 0.2) is 41.4 Å². The Kier molecular flexibility index (Phi) is 3.69. The summed E-state index contributed by atoms with van der Waals surface area (Å²) in [6.45, 7) is 2.12. The number of pyridine rings is 1. The lowest BCUT2D eigenvalue weighted by Gasteiger charge is -2.10. The molecule has 0 aliphatic carbocycles. The molecule has 2 aromatic rings. The molecule has 0 bridgehead atoms. The number of rotatable bonds is 3. The number of methoxy groups -OCH3 is 1. The van der Waals surface area contributed by atoms with E-state index >= 15 is 0 Å². The Morgan fingerprint density at radius 1 is 1.24 bits per heavy atom. The molecule has 0 radical (unpaired) electrons. The van der Waals surface area contributed by atoms with Crippen LogP contribution in [0.5, 0.6) is 5.75 Å². The lowest BCUT2D eigenvalue weighted by atomic mass is 10.1. The summed E-state index contributed by atoms with van der Waals surface area (Å²) in [7, 11) is 1.67. The molecule has 0 saturated heterocycles. The minimum atomic E-state index is 0.837. The Labute approximate surface area is 106 Å². The van der Waals surface area contributed by atoms with Crippen LogP contribution in [0.4, 0.5) is 0 Å². The van der Waals surface area contributed by atoms with Gasteiger partial charge in [-0.2, -0.15) is 0 Å². The van der Waals surface area contributed by atoms with Gasteiger partial charge in [0.2, 0.25) is 0 Å². The van der Waals surface area contributed by atoms with E-state index in [-0.39, 0.29) is 0 Å². The molecule has 0 unspecified atom stereocenters. The van der Waals surface area contributed by atoms with Gasteiger partial charge < -0.3 is 4.74 Å². The second kappa shape index (κ2) is 5.23. The van der Waals surface area contributed by atoms with Crippen molar-refractivity contribution in [3.8, 4) is 17.0 Å². The predicted molar refractivity (Wildman–Crippen MR) is 72.7 cm³/mol. The highest BCUT2D eigenvalue weighted by Crippen LogP contribution is 2.32. The van der Waals surface area contributed by atoms with E-state index in [1.165, 1.54) is 10.5 Å². The summed E-state index contributed by atoms with van der Waals surface area (Å²) in [6.07, 6.45) is 3.87. The van der Waals surface area contributed by atoms with Gasteiger partial charge in [-0.3, -0.25) is 4.98 Å². The van der Waals surface area contributed by atoms with Crippen molar-refractivity contribution >= 4 is 11.8 Å². The molecule has 1 aromatic carbocycles. The van der Waals surface area contributed by atoms with E-state index in [0.29, 0.717) is 0 Å². The first-order valence-electron chi connectivity index (χ1n) is 5.40. The smallest absolute Gasteiger partial charge is 0.122 e. The van der Waals surface area contributed by atoms with Crippen LogP contribution in [0.2, 0.25) is 0 Å². The van der Waals surface area contributed by atoms with Crippen molar-refractivity contribution in [3.05, 3.63) is 42.1 Å². The van der Waals surface area contributed by atoms with Crippen LogP contribution < -0.4 is 4.74 Å². The summed E-state index contributed by atoms with van der Waals surface area (Å²) in [4.78, 5) is 5.69. The van der Waals surface area contributed by atoms with Gasteiger partial charge in [0, 0.05) is 22.7 Å². The fraction of sp³-hybridized carbons (Fsp3) is 0.214. The van der Waals surface area contributed by atoms with E-state index in [1.54, 1.807) is 25.1 Å². The SMILES string of the molecule is COc1ccnc(-c2cccc(C)c2SC)c1. The maximum absolute atomic E-state index is 5.23. The molecule has 0 N–H and O–H groups in total. The molecular weight excluding hydrogens is 230 g/mol. The first-order chi connectivity index (χ1) is 8.26. The Morgan fingerprint density at radius 2 is 2.06 bits per heavy atom. The van der Waals surface area contributed by atoms with E-state index < -0.39 is 0 Å². The van der Waals surface area contributed by atoms with Gasteiger partial charge in [0.15, 0.2) is 0 Å². The van der Waals surface area contributed by atoms with Crippen LogP contribution in [0.3, 0.4) is 0 Å². The summed E-state index contributed by atoms with van der Waals surface area (Å²) >= 11 is 1.75. The normalized spacial score (nSPS) is 10.3. The van der Waals surface area contributed by atoms with Crippen LogP contribution in [0.25, 0.3) is 11.3 Å². The van der Waals surface area contributed by atoms with E-state index in [1.807, 2.05) is 12.1 Å². The monoisotopic (exact) mass is 245 g/mol. The van der Waals surface area contributed by atoms with Crippen LogP contribution in [0.1, 0.15) is 5.56 Å². The highest BCUT2D eigenvalue weighted by molar-refractivity contribution is 7.98. The zero-order valence-electron chi connectivity index (χ0n) is 10.2. The Morgan fingerprint density at radius 3 is 2.76 bits per heavy atom. The third-order valence-electron chi connectivity index (χ3n) is 2.66. The van der Waals surface area contributed by atoms with E-state index in [2.05, 4.69) is 36.4 Å². The number of ether oxygens (including phenoxy) is 1. The molecule has 17 heavy (non-hydrogen) atoms. The zero-order valence-corrected chi connectivity index (χ0v) is 11.0. The maximum atomic E-state index is 5.23. The van der Waals surface area contributed by atoms with E-state index in [9.17, 15) is 0 Å². The molecule has 2 rings (SSSR count). The molecule has 0 aliphatic rings. The van der Waals surface area contributed by atoms with Crippen LogP contribution >= 0.6 is 11.8 Å². The van der Waals surface area contributed by atoms with Gasteiger partial charge in [-0.05, 0) is 24.8 Å². The van der Waals surface area contributed by atoms with Crippen molar-refractivity contribution in [1.29, 1.82) is 0 Å². The molecule has 1 heterocycles. The molecule has 88 valence electrons. The van der Waals surface area contributed by atoms with Gasteiger partial charge in [0.25, 0.3) is 0 Å². The van der Waals surface area contributed by atoms with Crippen molar-refractivity contribution in [2.75, 3.05) is 13.4 Å². The average Bonchev–Trinajstić information content (AvgIpc) is 2.38.